The van der Waals surface area contributed by atoms with Crippen LogP contribution in [0, 0.1) is 0 Å². The van der Waals surface area contributed by atoms with E-state index in [-0.39, 0.29) is 16.5 Å². The first kappa shape index (κ1) is 22.2. The maximum atomic E-state index is 12.3. The molecule has 28 heavy (non-hydrogen) atoms. The quantitative estimate of drug-likeness (QED) is 0.606. The lowest BCUT2D eigenvalue weighted by Gasteiger charge is -2.18. The van der Waals surface area contributed by atoms with Gasteiger partial charge in [0.1, 0.15) is 6.04 Å². The summed E-state index contributed by atoms with van der Waals surface area (Å²) < 4.78 is 0. The van der Waals surface area contributed by atoms with Crippen LogP contribution in [0.4, 0.5) is 0 Å². The maximum Gasteiger partial charge on any atom is 0.253 e. The highest BCUT2D eigenvalue weighted by molar-refractivity contribution is 6.43. The molecule has 0 saturated heterocycles. The van der Waals surface area contributed by atoms with Gasteiger partial charge in [-0.2, -0.15) is 0 Å². The highest BCUT2D eigenvalue weighted by atomic mass is 35.5. The summed E-state index contributed by atoms with van der Waals surface area (Å²) in [6, 6.07) is 14.4. The van der Waals surface area contributed by atoms with Crippen molar-refractivity contribution >= 4 is 35.0 Å². The van der Waals surface area contributed by atoms with E-state index in [1.165, 1.54) is 5.56 Å². The fourth-order valence-electron chi connectivity index (χ4n) is 2.71. The molecule has 0 aliphatic carbocycles. The van der Waals surface area contributed by atoms with E-state index in [9.17, 15) is 9.59 Å². The molecular formula is C21H25Cl2N3O2. The fourth-order valence-corrected chi connectivity index (χ4v) is 3.09. The molecule has 0 saturated carbocycles. The average molecular weight is 422 g/mol. The molecule has 2 N–H and O–H groups in total. The van der Waals surface area contributed by atoms with E-state index in [0.717, 1.165) is 19.5 Å². The minimum atomic E-state index is -0.676. The highest BCUT2D eigenvalue weighted by Gasteiger charge is 2.18. The first-order valence-electron chi connectivity index (χ1n) is 9.13. The smallest absolute Gasteiger partial charge is 0.253 e. The van der Waals surface area contributed by atoms with Gasteiger partial charge >= 0.3 is 0 Å². The van der Waals surface area contributed by atoms with Gasteiger partial charge in [0.15, 0.2) is 0 Å². The van der Waals surface area contributed by atoms with Gasteiger partial charge in [0.25, 0.3) is 5.91 Å². The normalized spacial score (nSPS) is 11.9. The summed E-state index contributed by atoms with van der Waals surface area (Å²) >= 11 is 12.0. The molecule has 2 amide bonds. The molecular weight excluding hydrogens is 397 g/mol. The minimum absolute atomic E-state index is 0.177. The first-order valence-corrected chi connectivity index (χ1v) is 9.89. The summed E-state index contributed by atoms with van der Waals surface area (Å²) in [4.78, 5) is 26.7. The van der Waals surface area contributed by atoms with Crippen LogP contribution in [0.1, 0.15) is 29.3 Å². The third-order valence-electron chi connectivity index (χ3n) is 4.25. The number of amides is 2. The summed E-state index contributed by atoms with van der Waals surface area (Å²) in [6.07, 6.45) is 0.815. The molecule has 0 radical (unpaired) electrons. The van der Waals surface area contributed by atoms with Crippen LogP contribution >= 0.6 is 23.2 Å². The van der Waals surface area contributed by atoms with Gasteiger partial charge in [-0.1, -0.05) is 59.6 Å². The van der Waals surface area contributed by atoms with Crippen molar-refractivity contribution in [3.63, 3.8) is 0 Å². The van der Waals surface area contributed by atoms with E-state index in [1.54, 1.807) is 25.1 Å². The number of carbonyl (C=O) groups is 2. The van der Waals surface area contributed by atoms with Crippen molar-refractivity contribution in [1.82, 2.24) is 15.5 Å². The Kier molecular flexibility index (Phi) is 8.77. The van der Waals surface area contributed by atoms with Crippen molar-refractivity contribution in [2.75, 3.05) is 20.1 Å². The molecule has 1 atom stereocenters. The number of rotatable bonds is 9. The van der Waals surface area contributed by atoms with Crippen molar-refractivity contribution in [1.29, 1.82) is 0 Å². The van der Waals surface area contributed by atoms with E-state index in [0.29, 0.717) is 11.6 Å². The molecule has 0 aliphatic heterocycles. The molecule has 1 unspecified atom stereocenters. The topological polar surface area (TPSA) is 61.4 Å². The number of benzene rings is 2. The Labute approximate surface area is 176 Å². The third-order valence-corrected chi connectivity index (χ3v) is 5.07. The van der Waals surface area contributed by atoms with Crippen LogP contribution in [-0.2, 0) is 11.3 Å². The predicted octanol–water partition coefficient (Wildman–Crippen LogP) is 3.75. The highest BCUT2D eigenvalue weighted by Crippen LogP contribution is 2.25. The van der Waals surface area contributed by atoms with Gasteiger partial charge in [-0.3, -0.25) is 9.59 Å². The lowest BCUT2D eigenvalue weighted by molar-refractivity contribution is -0.122. The zero-order valence-electron chi connectivity index (χ0n) is 16.0. The maximum absolute atomic E-state index is 12.3. The van der Waals surface area contributed by atoms with E-state index < -0.39 is 11.9 Å². The number of hydrogen-bond acceptors (Lipinski definition) is 3. The number of nitrogens with zero attached hydrogens (tertiary/aromatic N) is 1. The fraction of sp³-hybridized carbons (Fsp3) is 0.333. The lowest BCUT2D eigenvalue weighted by Crippen LogP contribution is -2.45. The van der Waals surface area contributed by atoms with Crippen molar-refractivity contribution in [3.8, 4) is 0 Å². The zero-order chi connectivity index (χ0) is 20.5. The SMILES string of the molecule is CC(NC(=O)c1cccc(Cl)c1Cl)C(=O)NCCCN(C)Cc1ccccc1. The van der Waals surface area contributed by atoms with Crippen LogP contribution in [0.3, 0.4) is 0 Å². The summed E-state index contributed by atoms with van der Waals surface area (Å²) in [5.41, 5.74) is 1.50. The molecule has 0 aliphatic rings. The Bertz CT molecular complexity index is 799. The third kappa shape index (κ3) is 6.82. The molecule has 7 heteroatoms. The monoisotopic (exact) mass is 421 g/mol. The van der Waals surface area contributed by atoms with Crippen molar-refractivity contribution < 1.29 is 9.59 Å². The van der Waals surface area contributed by atoms with Gasteiger partial charge in [0.2, 0.25) is 5.91 Å². The Hall–Kier alpha value is -2.08. The van der Waals surface area contributed by atoms with Crippen molar-refractivity contribution in [3.05, 3.63) is 69.7 Å². The minimum Gasteiger partial charge on any atom is -0.354 e. The molecule has 0 heterocycles. The van der Waals surface area contributed by atoms with Crippen LogP contribution in [0.15, 0.2) is 48.5 Å². The second-order valence-electron chi connectivity index (χ2n) is 6.66. The second kappa shape index (κ2) is 11.1. The Morgan fingerprint density at radius 1 is 1.07 bits per heavy atom. The second-order valence-corrected chi connectivity index (χ2v) is 7.45. The molecule has 150 valence electrons. The molecule has 2 aromatic carbocycles. The van der Waals surface area contributed by atoms with Crippen LogP contribution < -0.4 is 10.6 Å². The summed E-state index contributed by atoms with van der Waals surface area (Å²) in [6.45, 7) is 3.89. The molecule has 0 fully saturated rings. The zero-order valence-corrected chi connectivity index (χ0v) is 17.6. The summed E-state index contributed by atoms with van der Waals surface area (Å²) in [7, 11) is 2.05. The summed E-state index contributed by atoms with van der Waals surface area (Å²) in [5, 5.41) is 5.96. The average Bonchev–Trinajstić information content (AvgIpc) is 2.67. The molecule has 0 bridgehead atoms. The van der Waals surface area contributed by atoms with Gasteiger partial charge in [-0.15, -0.1) is 0 Å². The molecule has 0 spiro atoms. The number of halogens is 2. The van der Waals surface area contributed by atoms with E-state index in [4.69, 9.17) is 23.2 Å². The standard InChI is InChI=1S/C21H25Cl2N3O2/c1-15(25-21(28)17-10-6-11-18(22)19(17)23)20(27)24-12-7-13-26(2)14-16-8-4-3-5-9-16/h3-6,8-11,15H,7,12-14H2,1-2H3,(H,24,27)(H,25,28). The van der Waals surface area contributed by atoms with Gasteiger partial charge < -0.3 is 15.5 Å². The lowest BCUT2D eigenvalue weighted by atomic mass is 10.2. The van der Waals surface area contributed by atoms with E-state index in [1.807, 2.05) is 25.2 Å². The molecule has 2 rings (SSSR count). The number of nitrogens with one attached hydrogen (secondary N) is 2. The Balaban J connectivity index is 1.70. The largest absolute Gasteiger partial charge is 0.354 e. The van der Waals surface area contributed by atoms with E-state index >= 15 is 0 Å². The van der Waals surface area contributed by atoms with Crippen molar-refractivity contribution in [2.24, 2.45) is 0 Å². The summed E-state index contributed by atoms with van der Waals surface area (Å²) in [5.74, 6) is -0.671. The Morgan fingerprint density at radius 3 is 2.50 bits per heavy atom. The van der Waals surface area contributed by atoms with Crippen molar-refractivity contribution in [2.45, 2.75) is 25.9 Å². The van der Waals surface area contributed by atoms with Crippen LogP contribution in [-0.4, -0.2) is 42.9 Å². The first-order chi connectivity index (χ1) is 13.4. The molecule has 0 aromatic heterocycles. The molecule has 2 aromatic rings. The van der Waals surface area contributed by atoms with E-state index in [2.05, 4.69) is 27.7 Å². The van der Waals surface area contributed by atoms with Gasteiger partial charge in [0, 0.05) is 13.1 Å². The predicted molar refractivity (Wildman–Crippen MR) is 114 cm³/mol. The van der Waals surface area contributed by atoms with Gasteiger partial charge in [0.05, 0.1) is 15.6 Å². The Morgan fingerprint density at radius 2 is 1.79 bits per heavy atom. The van der Waals surface area contributed by atoms with Crippen LogP contribution in [0.2, 0.25) is 10.0 Å². The molecule has 5 nitrogen and oxygen atoms in total. The van der Waals surface area contributed by atoms with Crippen LogP contribution in [0.5, 0.6) is 0 Å². The van der Waals surface area contributed by atoms with Crippen LogP contribution in [0.25, 0.3) is 0 Å². The number of hydrogen-bond donors (Lipinski definition) is 2. The van der Waals surface area contributed by atoms with Gasteiger partial charge in [-0.25, -0.2) is 0 Å². The number of carbonyl (C=O) groups excluding carboxylic acids is 2. The van der Waals surface area contributed by atoms with Gasteiger partial charge in [-0.05, 0) is 44.6 Å².